The minimum atomic E-state index is -0.00973. The molecule has 2 aliphatic rings. The number of benzene rings is 3. The number of aromatic nitrogens is 2. The van der Waals surface area contributed by atoms with E-state index in [4.69, 9.17) is 4.98 Å². The average molecular weight is 563 g/mol. The van der Waals surface area contributed by atoms with Gasteiger partial charge in [0.15, 0.2) is 0 Å². The van der Waals surface area contributed by atoms with Gasteiger partial charge in [-0.15, -0.1) is 0 Å². The van der Waals surface area contributed by atoms with Crippen LogP contribution in [0.3, 0.4) is 0 Å². The molecule has 0 spiro atoms. The van der Waals surface area contributed by atoms with Gasteiger partial charge in [-0.3, -0.25) is 9.59 Å². The zero-order valence-corrected chi connectivity index (χ0v) is 25.3. The van der Waals surface area contributed by atoms with Crippen LogP contribution in [0, 0.1) is 19.8 Å². The van der Waals surface area contributed by atoms with Crippen LogP contribution in [0.15, 0.2) is 72.8 Å². The molecule has 0 radical (unpaired) electrons. The molecule has 1 aromatic heterocycles. The van der Waals surface area contributed by atoms with Crippen molar-refractivity contribution in [2.24, 2.45) is 5.92 Å². The van der Waals surface area contributed by atoms with Gasteiger partial charge in [-0.1, -0.05) is 74.9 Å². The number of hydrogen-bond acceptors (Lipinski definition) is 3. The topological polar surface area (TPSA) is 67.2 Å². The van der Waals surface area contributed by atoms with E-state index in [-0.39, 0.29) is 17.7 Å². The number of imidazole rings is 1. The molecule has 0 unspecified atom stereocenters. The second-order valence-electron chi connectivity index (χ2n) is 11.1. The Hall–Kier alpha value is -4.19. The third-order valence-corrected chi connectivity index (χ3v) is 8.51. The molecule has 6 rings (SSSR count). The molecule has 0 saturated heterocycles. The molecule has 42 heavy (non-hydrogen) atoms. The lowest BCUT2D eigenvalue weighted by molar-refractivity contribution is -0.127. The van der Waals surface area contributed by atoms with E-state index in [1.165, 1.54) is 11.3 Å². The highest BCUT2D eigenvalue weighted by atomic mass is 16.2. The van der Waals surface area contributed by atoms with Crippen LogP contribution in [0.1, 0.15) is 82.9 Å². The monoisotopic (exact) mass is 562 g/mol. The van der Waals surface area contributed by atoms with Gasteiger partial charge in [0.25, 0.3) is 5.91 Å². The fourth-order valence-corrected chi connectivity index (χ4v) is 5.88. The summed E-state index contributed by atoms with van der Waals surface area (Å²) in [6.45, 7) is 9.92. The molecule has 1 saturated carbocycles. The maximum Gasteiger partial charge on any atom is 0.258 e. The summed E-state index contributed by atoms with van der Waals surface area (Å²) in [5.74, 6) is 1.30. The highest BCUT2D eigenvalue weighted by molar-refractivity contribution is 6.06. The van der Waals surface area contributed by atoms with Crippen molar-refractivity contribution in [1.29, 1.82) is 0 Å². The first kappa shape index (κ1) is 29.3. The number of nitrogens with one attached hydrogen (secondary N) is 1. The molecule has 1 N–H and O–H groups in total. The van der Waals surface area contributed by atoms with E-state index >= 15 is 0 Å². The summed E-state index contributed by atoms with van der Waals surface area (Å²) in [6, 6.07) is 24.6. The van der Waals surface area contributed by atoms with Crippen LogP contribution >= 0.6 is 0 Å². The lowest BCUT2D eigenvalue weighted by Gasteiger charge is -2.28. The summed E-state index contributed by atoms with van der Waals surface area (Å²) in [5, 5.41) is 3.07. The van der Waals surface area contributed by atoms with Crippen molar-refractivity contribution in [3.05, 3.63) is 118 Å². The van der Waals surface area contributed by atoms with E-state index in [9.17, 15) is 9.59 Å². The Morgan fingerprint density at radius 2 is 1.69 bits per heavy atom. The number of carbonyl (C=O) groups excluding carboxylic acids is 2. The molecule has 0 atom stereocenters. The van der Waals surface area contributed by atoms with Gasteiger partial charge in [0.2, 0.25) is 5.91 Å². The van der Waals surface area contributed by atoms with Gasteiger partial charge in [0, 0.05) is 55.3 Å². The Morgan fingerprint density at radius 1 is 0.952 bits per heavy atom. The number of nitrogens with zero attached hydrogens (tertiary/aromatic N) is 3. The van der Waals surface area contributed by atoms with Gasteiger partial charge in [-0.05, 0) is 67.1 Å². The van der Waals surface area contributed by atoms with Gasteiger partial charge >= 0.3 is 0 Å². The zero-order valence-electron chi connectivity index (χ0n) is 25.3. The summed E-state index contributed by atoms with van der Waals surface area (Å²) in [4.78, 5) is 33.1. The Balaban J connectivity index is 0.00000173. The second kappa shape index (κ2) is 13.2. The number of anilines is 1. The third-order valence-electron chi connectivity index (χ3n) is 8.51. The normalized spacial score (nSPS) is 14.3. The molecular formula is C36H42N4O2. The molecule has 2 amide bonds. The molecule has 218 valence electrons. The summed E-state index contributed by atoms with van der Waals surface area (Å²) < 4.78 is 2.32. The molecular weight excluding hydrogens is 520 g/mol. The first-order valence-corrected chi connectivity index (χ1v) is 15.3. The van der Waals surface area contributed by atoms with Crippen molar-refractivity contribution in [2.45, 2.75) is 72.9 Å². The Kier molecular flexibility index (Phi) is 9.21. The van der Waals surface area contributed by atoms with Crippen LogP contribution in [0.4, 0.5) is 5.69 Å². The standard InChI is InChI=1S/C34H36N4O2.C2H6/c1-23-19-28(15-16-29(23)21-35-33(39)26-12-8-13-26)34(40)37-18-17-30-32(20-27-11-6-7-14-31(27)37)38(24(2)36-30)22-25-9-4-3-5-10-25;1-2/h3-7,9-11,14-16,19,26H,8,12-13,17-18,20-22H2,1-2H3,(H,35,39);1-2H3. The van der Waals surface area contributed by atoms with Crippen molar-refractivity contribution < 1.29 is 9.59 Å². The predicted octanol–water partition coefficient (Wildman–Crippen LogP) is 6.78. The lowest BCUT2D eigenvalue weighted by Crippen LogP contribution is -2.35. The number of carbonyl (C=O) groups is 2. The van der Waals surface area contributed by atoms with E-state index in [1.807, 2.05) is 62.1 Å². The number of rotatable bonds is 6. The van der Waals surface area contributed by atoms with E-state index in [2.05, 4.69) is 53.2 Å². The Labute approximate surface area is 249 Å². The quantitative estimate of drug-likeness (QED) is 0.282. The zero-order chi connectivity index (χ0) is 29.6. The number of aryl methyl sites for hydroxylation is 2. The van der Waals surface area contributed by atoms with E-state index in [1.54, 1.807) is 0 Å². The largest absolute Gasteiger partial charge is 0.352 e. The first-order chi connectivity index (χ1) is 20.5. The molecule has 6 heteroatoms. The van der Waals surface area contributed by atoms with Crippen LogP contribution in [-0.2, 0) is 30.7 Å². The van der Waals surface area contributed by atoms with Crippen LogP contribution in [-0.4, -0.2) is 27.9 Å². The predicted molar refractivity (Wildman–Crippen MR) is 169 cm³/mol. The van der Waals surface area contributed by atoms with Crippen molar-refractivity contribution >= 4 is 17.5 Å². The van der Waals surface area contributed by atoms with Gasteiger partial charge in [-0.25, -0.2) is 4.98 Å². The Bertz CT molecular complexity index is 1550. The molecule has 2 heterocycles. The molecule has 1 aliphatic carbocycles. The van der Waals surface area contributed by atoms with E-state index in [0.717, 1.165) is 66.1 Å². The maximum atomic E-state index is 13.9. The highest BCUT2D eigenvalue weighted by Crippen LogP contribution is 2.31. The number of hydrogen-bond donors (Lipinski definition) is 1. The van der Waals surface area contributed by atoms with Crippen LogP contribution < -0.4 is 10.2 Å². The van der Waals surface area contributed by atoms with Crippen molar-refractivity contribution in [2.75, 3.05) is 11.4 Å². The van der Waals surface area contributed by atoms with E-state index < -0.39 is 0 Å². The van der Waals surface area contributed by atoms with Gasteiger partial charge in [0.1, 0.15) is 5.82 Å². The number of amides is 2. The van der Waals surface area contributed by atoms with Crippen LogP contribution in [0.2, 0.25) is 0 Å². The Morgan fingerprint density at radius 3 is 2.40 bits per heavy atom. The van der Waals surface area contributed by atoms with Gasteiger partial charge in [-0.2, -0.15) is 0 Å². The van der Waals surface area contributed by atoms with Crippen molar-refractivity contribution in [3.63, 3.8) is 0 Å². The molecule has 6 nitrogen and oxygen atoms in total. The summed E-state index contributed by atoms with van der Waals surface area (Å²) in [7, 11) is 0. The van der Waals surface area contributed by atoms with Crippen LogP contribution in [0.5, 0.6) is 0 Å². The summed E-state index contributed by atoms with van der Waals surface area (Å²) in [5.41, 5.74) is 8.33. The summed E-state index contributed by atoms with van der Waals surface area (Å²) in [6.07, 6.45) is 4.54. The molecule has 4 aromatic rings. The number of fused-ring (bicyclic) bond motifs is 2. The van der Waals surface area contributed by atoms with E-state index in [0.29, 0.717) is 25.1 Å². The van der Waals surface area contributed by atoms with Gasteiger partial charge < -0.3 is 14.8 Å². The smallest absolute Gasteiger partial charge is 0.258 e. The first-order valence-electron chi connectivity index (χ1n) is 15.3. The molecule has 1 fully saturated rings. The lowest BCUT2D eigenvalue weighted by atomic mass is 9.85. The maximum absolute atomic E-state index is 13.9. The SMILES string of the molecule is CC.Cc1cc(C(=O)N2CCc3nc(C)n(Cc4ccccc4)c3Cc3ccccc32)ccc1CNC(=O)C1CCC1. The average Bonchev–Trinajstić information content (AvgIpc) is 3.25. The number of para-hydroxylation sites is 1. The minimum Gasteiger partial charge on any atom is -0.352 e. The fraction of sp³-hybridized carbons (Fsp3) is 0.361. The minimum absolute atomic E-state index is 0.00973. The molecule has 1 aliphatic heterocycles. The fourth-order valence-electron chi connectivity index (χ4n) is 5.88. The summed E-state index contributed by atoms with van der Waals surface area (Å²) >= 11 is 0. The second-order valence-corrected chi connectivity index (χ2v) is 11.1. The van der Waals surface area contributed by atoms with Crippen molar-refractivity contribution in [3.8, 4) is 0 Å². The van der Waals surface area contributed by atoms with Gasteiger partial charge in [0.05, 0.1) is 5.69 Å². The van der Waals surface area contributed by atoms with Crippen LogP contribution in [0.25, 0.3) is 0 Å². The third kappa shape index (κ3) is 6.18. The molecule has 3 aromatic carbocycles. The highest BCUT2D eigenvalue weighted by Gasteiger charge is 2.27. The van der Waals surface area contributed by atoms with Crippen molar-refractivity contribution in [1.82, 2.24) is 14.9 Å². The molecule has 0 bridgehead atoms.